The Morgan fingerprint density at radius 3 is 2.61 bits per heavy atom. The van der Waals surface area contributed by atoms with Crippen molar-refractivity contribution in [2.24, 2.45) is 5.92 Å². The molecule has 0 bridgehead atoms. The van der Waals surface area contributed by atoms with Crippen LogP contribution < -0.4 is 10.6 Å². The van der Waals surface area contributed by atoms with E-state index in [2.05, 4.69) is 31.5 Å². The maximum absolute atomic E-state index is 12.3. The highest BCUT2D eigenvalue weighted by atomic mass is 79.9. The second kappa shape index (κ2) is 7.87. The minimum absolute atomic E-state index is 0.193. The van der Waals surface area contributed by atoms with E-state index in [4.69, 9.17) is 0 Å². The molecule has 0 fully saturated rings. The largest absolute Gasteiger partial charge is 0.352 e. The standard InChI is InChI=1S/C17H18BrN3O2/c1-11(2)10-20-16(22)12-7-8-19-15(9-12)17(23)21-14-6-4-3-5-13(14)18/h3-9,11H,10H2,1-2H3,(H,20,22)(H,21,23). The van der Waals surface area contributed by atoms with Crippen LogP contribution >= 0.6 is 15.9 Å². The van der Waals surface area contributed by atoms with Gasteiger partial charge in [-0.1, -0.05) is 26.0 Å². The Hall–Kier alpha value is -2.21. The average molecular weight is 376 g/mol. The Labute approximate surface area is 143 Å². The third-order valence-electron chi connectivity index (χ3n) is 3.05. The number of pyridine rings is 1. The molecule has 2 rings (SSSR count). The van der Waals surface area contributed by atoms with E-state index in [1.165, 1.54) is 12.3 Å². The van der Waals surface area contributed by atoms with E-state index in [0.29, 0.717) is 23.7 Å². The number of carbonyl (C=O) groups excluding carboxylic acids is 2. The van der Waals surface area contributed by atoms with E-state index in [9.17, 15) is 9.59 Å². The normalized spacial score (nSPS) is 10.4. The van der Waals surface area contributed by atoms with Gasteiger partial charge in [0.1, 0.15) is 5.69 Å². The summed E-state index contributed by atoms with van der Waals surface area (Å²) in [6.07, 6.45) is 1.46. The van der Waals surface area contributed by atoms with Gasteiger partial charge in [-0.25, -0.2) is 0 Å². The summed E-state index contributed by atoms with van der Waals surface area (Å²) >= 11 is 3.37. The van der Waals surface area contributed by atoms with Crippen LogP contribution in [0.2, 0.25) is 0 Å². The number of anilines is 1. The van der Waals surface area contributed by atoms with Gasteiger partial charge in [0.25, 0.3) is 11.8 Å². The number of hydrogen-bond donors (Lipinski definition) is 2. The zero-order chi connectivity index (χ0) is 16.8. The van der Waals surface area contributed by atoms with Gasteiger partial charge in [0.2, 0.25) is 0 Å². The number of carbonyl (C=O) groups is 2. The van der Waals surface area contributed by atoms with Gasteiger partial charge >= 0.3 is 0 Å². The average Bonchev–Trinajstić information content (AvgIpc) is 2.54. The SMILES string of the molecule is CC(C)CNC(=O)c1ccnc(C(=O)Nc2ccccc2Br)c1. The van der Waals surface area contributed by atoms with E-state index in [1.807, 2.05) is 32.0 Å². The maximum atomic E-state index is 12.3. The molecule has 1 heterocycles. The third kappa shape index (κ3) is 4.89. The third-order valence-corrected chi connectivity index (χ3v) is 3.74. The van der Waals surface area contributed by atoms with Crippen LogP contribution in [-0.4, -0.2) is 23.3 Å². The van der Waals surface area contributed by atoms with Gasteiger partial charge < -0.3 is 10.6 Å². The summed E-state index contributed by atoms with van der Waals surface area (Å²) in [6, 6.07) is 10.4. The first-order chi connectivity index (χ1) is 11.0. The number of hydrogen-bond acceptors (Lipinski definition) is 3. The molecule has 1 aromatic heterocycles. The highest BCUT2D eigenvalue weighted by molar-refractivity contribution is 9.10. The summed E-state index contributed by atoms with van der Waals surface area (Å²) in [5.41, 5.74) is 1.25. The van der Waals surface area contributed by atoms with Gasteiger partial charge in [-0.15, -0.1) is 0 Å². The smallest absolute Gasteiger partial charge is 0.274 e. The van der Waals surface area contributed by atoms with Crippen LogP contribution in [0.4, 0.5) is 5.69 Å². The molecule has 23 heavy (non-hydrogen) atoms. The number of halogens is 1. The van der Waals surface area contributed by atoms with Gasteiger partial charge in [-0.05, 0) is 46.1 Å². The van der Waals surface area contributed by atoms with Gasteiger partial charge in [0.05, 0.1) is 5.69 Å². The Morgan fingerprint density at radius 1 is 1.17 bits per heavy atom. The van der Waals surface area contributed by atoms with Gasteiger partial charge in [-0.3, -0.25) is 14.6 Å². The van der Waals surface area contributed by atoms with Gasteiger partial charge in [0, 0.05) is 22.8 Å². The maximum Gasteiger partial charge on any atom is 0.274 e. The predicted molar refractivity (Wildman–Crippen MR) is 93.5 cm³/mol. The summed E-state index contributed by atoms with van der Waals surface area (Å²) in [5.74, 6) is -0.217. The Kier molecular flexibility index (Phi) is 5.87. The Balaban J connectivity index is 2.11. The van der Waals surface area contributed by atoms with E-state index < -0.39 is 0 Å². The van der Waals surface area contributed by atoms with E-state index in [-0.39, 0.29) is 17.5 Å². The molecule has 0 radical (unpaired) electrons. The molecular weight excluding hydrogens is 358 g/mol. The van der Waals surface area contributed by atoms with Crippen molar-refractivity contribution in [3.63, 3.8) is 0 Å². The second-order valence-corrected chi connectivity index (χ2v) is 6.32. The van der Waals surface area contributed by atoms with Crippen LogP contribution in [0.25, 0.3) is 0 Å². The van der Waals surface area contributed by atoms with E-state index in [0.717, 1.165) is 4.47 Å². The van der Waals surface area contributed by atoms with Crippen molar-refractivity contribution in [1.82, 2.24) is 10.3 Å². The molecule has 2 aromatic rings. The molecule has 0 saturated heterocycles. The molecule has 0 spiro atoms. The molecule has 0 aliphatic carbocycles. The van der Waals surface area contributed by atoms with Gasteiger partial charge in [0.15, 0.2) is 0 Å². The lowest BCUT2D eigenvalue weighted by atomic mass is 10.2. The van der Waals surface area contributed by atoms with Crippen molar-refractivity contribution >= 4 is 33.4 Å². The molecule has 0 saturated carbocycles. The Morgan fingerprint density at radius 2 is 1.91 bits per heavy atom. The highest BCUT2D eigenvalue weighted by Gasteiger charge is 2.13. The molecule has 0 aliphatic heterocycles. The molecule has 5 nitrogen and oxygen atoms in total. The fraction of sp³-hybridized carbons (Fsp3) is 0.235. The molecular formula is C17H18BrN3O2. The molecule has 2 amide bonds. The highest BCUT2D eigenvalue weighted by Crippen LogP contribution is 2.21. The summed E-state index contributed by atoms with van der Waals surface area (Å²) in [5, 5.41) is 5.58. The summed E-state index contributed by atoms with van der Waals surface area (Å²) < 4.78 is 0.777. The zero-order valence-corrected chi connectivity index (χ0v) is 14.6. The molecule has 1 aromatic carbocycles. The topological polar surface area (TPSA) is 71.1 Å². The number of benzene rings is 1. The van der Waals surface area contributed by atoms with Crippen molar-refractivity contribution in [2.45, 2.75) is 13.8 Å². The van der Waals surface area contributed by atoms with Crippen LogP contribution in [0.5, 0.6) is 0 Å². The molecule has 2 N–H and O–H groups in total. The first-order valence-corrected chi connectivity index (χ1v) is 8.07. The lowest BCUT2D eigenvalue weighted by molar-refractivity contribution is 0.0949. The van der Waals surface area contributed by atoms with Crippen molar-refractivity contribution < 1.29 is 9.59 Å². The number of aromatic nitrogens is 1. The Bertz CT molecular complexity index is 716. The van der Waals surface area contributed by atoms with E-state index in [1.54, 1.807) is 12.1 Å². The number of nitrogens with one attached hydrogen (secondary N) is 2. The van der Waals surface area contributed by atoms with Crippen LogP contribution in [0.1, 0.15) is 34.7 Å². The quantitative estimate of drug-likeness (QED) is 0.839. The van der Waals surface area contributed by atoms with E-state index >= 15 is 0 Å². The summed E-state index contributed by atoms with van der Waals surface area (Å²) in [4.78, 5) is 28.4. The van der Waals surface area contributed by atoms with Crippen molar-refractivity contribution in [3.8, 4) is 0 Å². The van der Waals surface area contributed by atoms with Crippen LogP contribution in [0, 0.1) is 5.92 Å². The fourth-order valence-electron chi connectivity index (χ4n) is 1.84. The lowest BCUT2D eigenvalue weighted by Crippen LogP contribution is -2.27. The summed E-state index contributed by atoms with van der Waals surface area (Å²) in [7, 11) is 0. The van der Waals surface area contributed by atoms with Gasteiger partial charge in [-0.2, -0.15) is 0 Å². The fourth-order valence-corrected chi connectivity index (χ4v) is 2.23. The number of para-hydroxylation sites is 1. The number of rotatable bonds is 5. The lowest BCUT2D eigenvalue weighted by Gasteiger charge is -2.09. The molecule has 0 unspecified atom stereocenters. The van der Waals surface area contributed by atoms with Crippen molar-refractivity contribution in [3.05, 3.63) is 58.3 Å². The van der Waals surface area contributed by atoms with Crippen molar-refractivity contribution in [2.75, 3.05) is 11.9 Å². The zero-order valence-electron chi connectivity index (χ0n) is 13.0. The number of nitrogens with zero attached hydrogens (tertiary/aromatic N) is 1. The van der Waals surface area contributed by atoms with Crippen molar-refractivity contribution in [1.29, 1.82) is 0 Å². The summed E-state index contributed by atoms with van der Waals surface area (Å²) in [6.45, 7) is 4.62. The van der Waals surface area contributed by atoms with Crippen LogP contribution in [-0.2, 0) is 0 Å². The molecule has 0 atom stereocenters. The van der Waals surface area contributed by atoms with Crippen LogP contribution in [0.3, 0.4) is 0 Å². The predicted octanol–water partition coefficient (Wildman–Crippen LogP) is 3.48. The first-order valence-electron chi connectivity index (χ1n) is 7.27. The molecule has 6 heteroatoms. The minimum Gasteiger partial charge on any atom is -0.352 e. The molecule has 120 valence electrons. The first kappa shape index (κ1) is 17.1. The molecule has 0 aliphatic rings. The second-order valence-electron chi connectivity index (χ2n) is 5.47. The number of amides is 2. The monoisotopic (exact) mass is 375 g/mol. The van der Waals surface area contributed by atoms with Crippen LogP contribution in [0.15, 0.2) is 47.1 Å². The minimum atomic E-state index is -0.365.